The molecule has 0 aromatic heterocycles. The summed E-state index contributed by atoms with van der Waals surface area (Å²) in [6.07, 6.45) is 0.347. The van der Waals surface area contributed by atoms with Gasteiger partial charge >= 0.3 is 0 Å². The van der Waals surface area contributed by atoms with Crippen LogP contribution >= 0.6 is 0 Å². The van der Waals surface area contributed by atoms with E-state index < -0.39 is 16.3 Å². The molecule has 0 radical (unpaired) electrons. The molecule has 0 saturated carbocycles. The molecule has 0 unspecified atom stereocenters. The van der Waals surface area contributed by atoms with E-state index in [1.54, 1.807) is 20.3 Å². The fourth-order valence-corrected chi connectivity index (χ4v) is 4.00. The number of nitrogens with one attached hydrogen (secondary N) is 2. The van der Waals surface area contributed by atoms with Gasteiger partial charge in [0.05, 0.1) is 26.2 Å². The van der Waals surface area contributed by atoms with E-state index in [1.165, 1.54) is 12.1 Å². The summed E-state index contributed by atoms with van der Waals surface area (Å²) in [6.45, 7) is 0.731. The van der Waals surface area contributed by atoms with Crippen molar-refractivity contribution in [2.45, 2.75) is 12.6 Å². The minimum atomic E-state index is -3.53. The second-order valence-electron chi connectivity index (χ2n) is 7.84. The van der Waals surface area contributed by atoms with Crippen LogP contribution in [0.25, 0.3) is 11.1 Å². The number of aromatic hydroxyl groups is 1. The third-order valence-corrected chi connectivity index (χ3v) is 5.70. The van der Waals surface area contributed by atoms with Gasteiger partial charge in [-0.25, -0.2) is 8.42 Å². The number of phenolic OH excluding ortho intramolecular Hbond substituents is 1. The first-order valence-electron chi connectivity index (χ1n) is 10.8. The molecule has 0 heterocycles. The largest absolute Gasteiger partial charge is 0.506 e. The van der Waals surface area contributed by atoms with Gasteiger partial charge in [-0.05, 0) is 53.1 Å². The van der Waals surface area contributed by atoms with Gasteiger partial charge in [0.15, 0.2) is 11.5 Å². The highest BCUT2D eigenvalue weighted by molar-refractivity contribution is 7.92. The molecule has 0 aliphatic rings. The first-order chi connectivity index (χ1) is 16.7. The Morgan fingerprint density at radius 1 is 0.914 bits per heavy atom. The highest BCUT2D eigenvalue weighted by Gasteiger charge is 2.11. The zero-order chi connectivity index (χ0) is 25.4. The molecule has 1 atom stereocenters. The van der Waals surface area contributed by atoms with Gasteiger partial charge in [-0.2, -0.15) is 0 Å². The van der Waals surface area contributed by atoms with Gasteiger partial charge in [0.1, 0.15) is 24.3 Å². The summed E-state index contributed by atoms with van der Waals surface area (Å²) in [5.41, 5.74) is 2.71. The zero-order valence-corrected chi connectivity index (χ0v) is 20.6. The SMILES string of the molecule is COc1ccc(-c2ccc(OCCN[C@H](O)Cc3ccc(O)c(NS(C)(=O)=O)c3)cc2)cc1OC. The number of hydrogen-bond acceptors (Lipinski definition) is 8. The van der Waals surface area contributed by atoms with Crippen LogP contribution in [0.3, 0.4) is 0 Å². The molecule has 0 fully saturated rings. The molecule has 0 saturated heterocycles. The van der Waals surface area contributed by atoms with Gasteiger partial charge in [0, 0.05) is 13.0 Å². The van der Waals surface area contributed by atoms with Crippen molar-refractivity contribution in [3.63, 3.8) is 0 Å². The monoisotopic (exact) mass is 502 g/mol. The number of aliphatic hydroxyl groups excluding tert-OH is 1. The molecule has 35 heavy (non-hydrogen) atoms. The second kappa shape index (κ2) is 11.8. The molecule has 10 heteroatoms. The molecule has 3 aromatic carbocycles. The van der Waals surface area contributed by atoms with Gasteiger partial charge < -0.3 is 24.4 Å². The van der Waals surface area contributed by atoms with Gasteiger partial charge in [0.25, 0.3) is 0 Å². The van der Waals surface area contributed by atoms with E-state index in [1.807, 2.05) is 42.5 Å². The van der Waals surface area contributed by atoms with Crippen molar-refractivity contribution in [3.8, 4) is 34.1 Å². The number of anilines is 1. The summed E-state index contributed by atoms with van der Waals surface area (Å²) < 4.78 is 41.4. The van der Waals surface area contributed by atoms with E-state index >= 15 is 0 Å². The molecule has 9 nitrogen and oxygen atoms in total. The lowest BCUT2D eigenvalue weighted by atomic mass is 10.1. The van der Waals surface area contributed by atoms with Crippen molar-refractivity contribution >= 4 is 15.7 Å². The molecule has 0 aliphatic carbocycles. The second-order valence-corrected chi connectivity index (χ2v) is 9.59. The predicted octanol–water partition coefficient (Wildman–Crippen LogP) is 2.98. The van der Waals surface area contributed by atoms with Crippen LogP contribution in [0.1, 0.15) is 5.56 Å². The normalized spacial score (nSPS) is 12.1. The molecular formula is C25H30N2O7S. The van der Waals surface area contributed by atoms with Crippen molar-refractivity contribution < 1.29 is 32.8 Å². The number of hydrogen-bond donors (Lipinski definition) is 4. The van der Waals surface area contributed by atoms with Crippen LogP contribution in [0, 0.1) is 0 Å². The molecule has 0 bridgehead atoms. The number of aliphatic hydroxyl groups is 1. The van der Waals surface area contributed by atoms with Gasteiger partial charge in [-0.3, -0.25) is 10.0 Å². The standard InChI is InChI=1S/C25H30N2O7S/c1-32-23-11-7-19(16-24(23)33-2)18-5-8-20(9-6-18)34-13-12-26-25(29)15-17-4-10-22(28)21(14-17)27-35(3,30)31/h4-11,14,16,25-29H,12-13,15H2,1-3H3/t25-/m1/s1. The molecule has 4 N–H and O–H groups in total. The van der Waals surface area contributed by atoms with Crippen molar-refractivity contribution in [2.75, 3.05) is 38.3 Å². The minimum absolute atomic E-state index is 0.0667. The Morgan fingerprint density at radius 3 is 2.26 bits per heavy atom. The smallest absolute Gasteiger partial charge is 0.229 e. The Kier molecular flexibility index (Phi) is 8.80. The van der Waals surface area contributed by atoms with Crippen LogP contribution in [-0.2, 0) is 16.4 Å². The summed E-state index contributed by atoms with van der Waals surface area (Å²) in [6, 6.07) is 17.8. The van der Waals surface area contributed by atoms with Crippen molar-refractivity contribution in [1.82, 2.24) is 5.32 Å². The van der Waals surface area contributed by atoms with E-state index in [2.05, 4.69) is 10.0 Å². The van der Waals surface area contributed by atoms with Crippen LogP contribution < -0.4 is 24.2 Å². The Morgan fingerprint density at radius 2 is 1.60 bits per heavy atom. The Bertz CT molecular complexity index is 1230. The third-order valence-electron chi connectivity index (χ3n) is 5.11. The lowest BCUT2D eigenvalue weighted by molar-refractivity contribution is 0.130. The fourth-order valence-electron chi connectivity index (χ4n) is 3.44. The van der Waals surface area contributed by atoms with Crippen LogP contribution in [0.5, 0.6) is 23.0 Å². The van der Waals surface area contributed by atoms with Crippen LogP contribution in [-0.4, -0.2) is 58.5 Å². The maximum absolute atomic E-state index is 11.4. The highest BCUT2D eigenvalue weighted by Crippen LogP contribution is 2.32. The van der Waals surface area contributed by atoms with Crippen molar-refractivity contribution in [2.24, 2.45) is 0 Å². The summed E-state index contributed by atoms with van der Waals surface area (Å²) >= 11 is 0. The third kappa shape index (κ3) is 7.78. The fraction of sp³-hybridized carbons (Fsp3) is 0.280. The van der Waals surface area contributed by atoms with E-state index in [4.69, 9.17) is 14.2 Å². The quantitative estimate of drug-likeness (QED) is 0.169. The van der Waals surface area contributed by atoms with Crippen LogP contribution in [0.2, 0.25) is 0 Å². The number of ether oxygens (including phenoxy) is 3. The average molecular weight is 503 g/mol. The number of rotatable bonds is 12. The van der Waals surface area contributed by atoms with E-state index in [0.29, 0.717) is 36.0 Å². The topological polar surface area (TPSA) is 126 Å². The Hall–Kier alpha value is -3.47. The molecule has 188 valence electrons. The average Bonchev–Trinajstić information content (AvgIpc) is 2.83. The highest BCUT2D eigenvalue weighted by atomic mass is 32.2. The number of sulfonamides is 1. The molecule has 0 spiro atoms. The predicted molar refractivity (Wildman–Crippen MR) is 135 cm³/mol. The van der Waals surface area contributed by atoms with Crippen molar-refractivity contribution in [1.29, 1.82) is 0 Å². The summed E-state index contributed by atoms with van der Waals surface area (Å²) in [5.74, 6) is 1.83. The number of methoxy groups -OCH3 is 2. The first kappa shape index (κ1) is 26.1. The first-order valence-corrected chi connectivity index (χ1v) is 12.7. The molecule has 0 aliphatic heterocycles. The summed E-state index contributed by atoms with van der Waals surface area (Å²) in [4.78, 5) is 0. The number of benzene rings is 3. The van der Waals surface area contributed by atoms with E-state index in [9.17, 15) is 18.6 Å². The molecule has 3 rings (SSSR count). The minimum Gasteiger partial charge on any atom is -0.506 e. The lowest BCUT2D eigenvalue weighted by Crippen LogP contribution is -2.34. The van der Waals surface area contributed by atoms with Crippen molar-refractivity contribution in [3.05, 3.63) is 66.2 Å². The molecular weight excluding hydrogens is 472 g/mol. The maximum atomic E-state index is 11.4. The number of phenols is 1. The van der Waals surface area contributed by atoms with E-state index in [0.717, 1.165) is 17.4 Å². The molecule has 3 aromatic rings. The van der Waals surface area contributed by atoms with E-state index in [-0.39, 0.29) is 17.9 Å². The summed E-state index contributed by atoms with van der Waals surface area (Å²) in [7, 11) is -0.333. The molecule has 0 amide bonds. The van der Waals surface area contributed by atoms with Crippen LogP contribution in [0.4, 0.5) is 5.69 Å². The summed E-state index contributed by atoms with van der Waals surface area (Å²) in [5, 5.41) is 23.0. The maximum Gasteiger partial charge on any atom is 0.229 e. The zero-order valence-electron chi connectivity index (χ0n) is 19.8. The van der Waals surface area contributed by atoms with Gasteiger partial charge in [-0.1, -0.05) is 24.3 Å². The van der Waals surface area contributed by atoms with Gasteiger partial charge in [0.2, 0.25) is 10.0 Å². The Labute approximate surface area is 205 Å². The van der Waals surface area contributed by atoms with Crippen LogP contribution in [0.15, 0.2) is 60.7 Å². The Balaban J connectivity index is 1.47. The van der Waals surface area contributed by atoms with Gasteiger partial charge in [-0.15, -0.1) is 0 Å². The lowest BCUT2D eigenvalue weighted by Gasteiger charge is -2.15.